The molecule has 3 rings (SSSR count). The van der Waals surface area contributed by atoms with Crippen LogP contribution in [0.3, 0.4) is 0 Å². The molecule has 0 saturated carbocycles. The molecular weight excluding hydrogens is 190 g/mol. The third-order valence-electron chi connectivity index (χ3n) is 3.28. The molecule has 3 nitrogen and oxygen atoms in total. The molecule has 0 unspecified atom stereocenters. The first-order chi connectivity index (χ1) is 7.27. The van der Waals surface area contributed by atoms with Gasteiger partial charge in [0.15, 0.2) is 0 Å². The van der Waals surface area contributed by atoms with Crippen molar-refractivity contribution in [1.29, 1.82) is 0 Å². The van der Waals surface area contributed by atoms with Crippen LogP contribution >= 0.6 is 0 Å². The molecule has 0 aromatic heterocycles. The fraction of sp³-hybridized carbons (Fsp3) is 0.333. The van der Waals surface area contributed by atoms with Crippen LogP contribution in [0.15, 0.2) is 18.2 Å². The Morgan fingerprint density at radius 3 is 3.00 bits per heavy atom. The van der Waals surface area contributed by atoms with Gasteiger partial charge in [0.25, 0.3) is 5.91 Å². The van der Waals surface area contributed by atoms with Gasteiger partial charge in [-0.25, -0.2) is 0 Å². The van der Waals surface area contributed by atoms with E-state index in [0.717, 1.165) is 24.8 Å². The van der Waals surface area contributed by atoms with Crippen LogP contribution in [0, 0.1) is 0 Å². The highest BCUT2D eigenvalue weighted by molar-refractivity contribution is 6.11. The van der Waals surface area contributed by atoms with E-state index < -0.39 is 0 Å². The Balaban J connectivity index is 2.28. The van der Waals surface area contributed by atoms with Gasteiger partial charge in [0.2, 0.25) is 5.91 Å². The maximum Gasteiger partial charge on any atom is 0.258 e. The van der Waals surface area contributed by atoms with Crippen molar-refractivity contribution in [2.75, 3.05) is 0 Å². The second-order valence-corrected chi connectivity index (χ2v) is 4.14. The van der Waals surface area contributed by atoms with Crippen LogP contribution in [0.2, 0.25) is 0 Å². The van der Waals surface area contributed by atoms with Crippen molar-refractivity contribution >= 4 is 11.8 Å². The third-order valence-corrected chi connectivity index (χ3v) is 3.28. The van der Waals surface area contributed by atoms with E-state index in [1.165, 1.54) is 5.56 Å². The summed E-state index contributed by atoms with van der Waals surface area (Å²) < 4.78 is 0. The van der Waals surface area contributed by atoms with E-state index in [9.17, 15) is 9.59 Å². The minimum absolute atomic E-state index is 0.0948. The lowest BCUT2D eigenvalue weighted by molar-refractivity contribution is -0.122. The summed E-state index contributed by atoms with van der Waals surface area (Å²) in [4.78, 5) is 23.3. The van der Waals surface area contributed by atoms with Crippen LogP contribution in [0.1, 0.15) is 40.2 Å². The molecule has 1 aliphatic heterocycles. The number of aryl methyl sites for hydroxylation is 1. The number of carbonyl (C=O) groups excluding carboxylic acids is 2. The largest absolute Gasteiger partial charge is 0.292 e. The van der Waals surface area contributed by atoms with Crippen molar-refractivity contribution in [2.45, 2.75) is 25.2 Å². The molecule has 0 radical (unpaired) electrons. The average Bonchev–Trinajstić information content (AvgIpc) is 2.25. The van der Waals surface area contributed by atoms with Gasteiger partial charge in [-0.2, -0.15) is 0 Å². The number of benzene rings is 1. The first kappa shape index (κ1) is 8.65. The van der Waals surface area contributed by atoms with E-state index in [-0.39, 0.29) is 17.7 Å². The average molecular weight is 201 g/mol. The first-order valence-electron chi connectivity index (χ1n) is 5.24. The SMILES string of the molecule is O=C1NC(=O)[C@H]2CCCc3cccc1c32. The Bertz CT molecular complexity index is 465. The molecule has 0 spiro atoms. The minimum Gasteiger partial charge on any atom is -0.292 e. The highest BCUT2D eigenvalue weighted by atomic mass is 16.2. The number of imide groups is 1. The summed E-state index contributed by atoms with van der Waals surface area (Å²) in [7, 11) is 0. The summed E-state index contributed by atoms with van der Waals surface area (Å²) in [5.74, 6) is -0.461. The molecule has 0 fully saturated rings. The van der Waals surface area contributed by atoms with Crippen LogP contribution < -0.4 is 5.32 Å². The molecule has 1 heterocycles. The zero-order valence-electron chi connectivity index (χ0n) is 8.25. The Morgan fingerprint density at radius 2 is 2.13 bits per heavy atom. The van der Waals surface area contributed by atoms with Crippen molar-refractivity contribution in [3.05, 3.63) is 34.9 Å². The predicted molar refractivity (Wildman–Crippen MR) is 54.6 cm³/mol. The quantitative estimate of drug-likeness (QED) is 0.644. The Labute approximate surface area is 87.5 Å². The van der Waals surface area contributed by atoms with E-state index in [1.54, 1.807) is 6.07 Å². The van der Waals surface area contributed by atoms with Crippen LogP contribution in [-0.4, -0.2) is 11.8 Å². The molecule has 3 heteroatoms. The summed E-state index contributed by atoms with van der Waals surface area (Å²) in [5.41, 5.74) is 2.85. The van der Waals surface area contributed by atoms with E-state index in [2.05, 4.69) is 5.32 Å². The molecular formula is C12H11NO2. The molecule has 2 aliphatic rings. The number of nitrogens with one attached hydrogen (secondary N) is 1. The van der Waals surface area contributed by atoms with Gasteiger partial charge in [-0.1, -0.05) is 12.1 Å². The second-order valence-electron chi connectivity index (χ2n) is 4.14. The van der Waals surface area contributed by atoms with Crippen LogP contribution in [0.4, 0.5) is 0 Å². The lowest BCUT2D eigenvalue weighted by atomic mass is 9.77. The summed E-state index contributed by atoms with van der Waals surface area (Å²) in [6.07, 6.45) is 2.88. The third kappa shape index (κ3) is 1.12. The molecule has 1 aromatic carbocycles. The molecule has 1 aromatic rings. The summed E-state index contributed by atoms with van der Waals surface area (Å²) >= 11 is 0. The Hall–Kier alpha value is -1.64. The van der Waals surface area contributed by atoms with Crippen LogP contribution in [0.5, 0.6) is 0 Å². The highest BCUT2D eigenvalue weighted by Crippen LogP contribution is 2.36. The number of amides is 2. The monoisotopic (exact) mass is 201 g/mol. The van der Waals surface area contributed by atoms with Crippen molar-refractivity contribution in [3.63, 3.8) is 0 Å². The Kier molecular flexibility index (Phi) is 1.69. The van der Waals surface area contributed by atoms with Gasteiger partial charge in [-0.15, -0.1) is 0 Å². The van der Waals surface area contributed by atoms with Crippen LogP contribution in [0.25, 0.3) is 0 Å². The van der Waals surface area contributed by atoms with E-state index in [1.807, 2.05) is 12.1 Å². The first-order valence-corrected chi connectivity index (χ1v) is 5.24. The van der Waals surface area contributed by atoms with E-state index >= 15 is 0 Å². The van der Waals surface area contributed by atoms with Crippen LogP contribution in [-0.2, 0) is 11.2 Å². The standard InChI is InChI=1S/C12H11NO2/c14-11-8-5-1-3-7-4-2-6-9(10(7)8)12(15)13-11/h1,3,5,9H,2,4,6H2,(H,13,14,15)/t9-/m0/s1. The van der Waals surface area contributed by atoms with Crippen molar-refractivity contribution in [1.82, 2.24) is 5.32 Å². The molecule has 1 atom stereocenters. The summed E-state index contributed by atoms with van der Waals surface area (Å²) in [5, 5.41) is 2.42. The second kappa shape index (κ2) is 2.92. The van der Waals surface area contributed by atoms with Gasteiger partial charge in [0.1, 0.15) is 0 Å². The maximum atomic E-state index is 11.7. The van der Waals surface area contributed by atoms with E-state index in [0.29, 0.717) is 5.56 Å². The van der Waals surface area contributed by atoms with Crippen molar-refractivity contribution in [2.24, 2.45) is 0 Å². The zero-order chi connectivity index (χ0) is 10.4. The Morgan fingerprint density at radius 1 is 1.27 bits per heavy atom. The maximum absolute atomic E-state index is 11.7. The zero-order valence-corrected chi connectivity index (χ0v) is 8.25. The summed E-state index contributed by atoms with van der Waals surface area (Å²) in [6.45, 7) is 0. The van der Waals surface area contributed by atoms with E-state index in [4.69, 9.17) is 0 Å². The molecule has 0 saturated heterocycles. The molecule has 15 heavy (non-hydrogen) atoms. The van der Waals surface area contributed by atoms with Gasteiger partial charge in [-0.05, 0) is 36.5 Å². The van der Waals surface area contributed by atoms with Crippen molar-refractivity contribution in [3.8, 4) is 0 Å². The minimum atomic E-state index is -0.241. The molecule has 2 amide bonds. The number of carbonyl (C=O) groups is 2. The lowest BCUT2D eigenvalue weighted by Crippen LogP contribution is -2.42. The fourth-order valence-electron chi connectivity index (χ4n) is 2.61. The molecule has 1 aliphatic carbocycles. The predicted octanol–water partition coefficient (Wildman–Crippen LogP) is 1.38. The van der Waals surface area contributed by atoms with Gasteiger partial charge in [0.05, 0.1) is 5.92 Å². The normalized spacial score (nSPS) is 23.3. The topological polar surface area (TPSA) is 46.2 Å². The number of rotatable bonds is 0. The van der Waals surface area contributed by atoms with Crippen molar-refractivity contribution < 1.29 is 9.59 Å². The smallest absolute Gasteiger partial charge is 0.258 e. The highest BCUT2D eigenvalue weighted by Gasteiger charge is 2.35. The lowest BCUT2D eigenvalue weighted by Gasteiger charge is -2.30. The van der Waals surface area contributed by atoms with Gasteiger partial charge in [0, 0.05) is 5.56 Å². The molecule has 1 N–H and O–H groups in total. The fourth-order valence-corrected chi connectivity index (χ4v) is 2.61. The number of hydrogen-bond donors (Lipinski definition) is 1. The molecule has 76 valence electrons. The van der Waals surface area contributed by atoms with Gasteiger partial charge < -0.3 is 0 Å². The van der Waals surface area contributed by atoms with Gasteiger partial charge >= 0.3 is 0 Å². The number of hydrogen-bond acceptors (Lipinski definition) is 2. The van der Waals surface area contributed by atoms with Gasteiger partial charge in [-0.3, -0.25) is 14.9 Å². The molecule has 0 bridgehead atoms. The summed E-state index contributed by atoms with van der Waals surface area (Å²) in [6, 6.07) is 5.72.